The van der Waals surface area contributed by atoms with Crippen molar-refractivity contribution in [1.29, 1.82) is 0 Å². The molecular weight excluding hydrogens is 445 g/mol. The first-order valence-electron chi connectivity index (χ1n) is 9.70. The summed E-state index contributed by atoms with van der Waals surface area (Å²) >= 11 is 0. The molecule has 2 aromatic rings. The zero-order chi connectivity index (χ0) is 23.8. The molecule has 2 aromatic carbocycles. The fourth-order valence-electron chi connectivity index (χ4n) is 4.08. The second-order valence-corrected chi connectivity index (χ2v) is 7.76. The highest BCUT2D eigenvalue weighted by Crippen LogP contribution is 2.44. The molecule has 0 aromatic heterocycles. The first-order chi connectivity index (χ1) is 14.8. The molecule has 0 saturated heterocycles. The fraction of sp³-hybridized carbons (Fsp3) is 0.409. The third-order valence-electron chi connectivity index (χ3n) is 5.63. The smallest absolute Gasteiger partial charge is 0.416 e. The van der Waals surface area contributed by atoms with Crippen LogP contribution in [-0.4, -0.2) is 17.2 Å². The molecule has 3 nitrogen and oxygen atoms in total. The van der Waals surface area contributed by atoms with Gasteiger partial charge in [-0.1, -0.05) is 12.1 Å². The summed E-state index contributed by atoms with van der Waals surface area (Å²) in [6.45, 7) is 1.31. The lowest BCUT2D eigenvalue weighted by Crippen LogP contribution is -2.26. The van der Waals surface area contributed by atoms with Crippen LogP contribution in [0.3, 0.4) is 0 Å². The highest BCUT2D eigenvalue weighted by molar-refractivity contribution is 5.72. The summed E-state index contributed by atoms with van der Waals surface area (Å²) in [4.78, 5) is 11.7. The molecule has 0 aliphatic heterocycles. The van der Waals surface area contributed by atoms with Crippen molar-refractivity contribution in [2.24, 2.45) is 5.92 Å². The summed E-state index contributed by atoms with van der Waals surface area (Å²) in [5, 5.41) is 9.54. The molecule has 0 amide bonds. The number of hydrogen-bond donors (Lipinski definition) is 1. The van der Waals surface area contributed by atoms with Crippen LogP contribution in [0.15, 0.2) is 42.5 Å². The van der Waals surface area contributed by atoms with Crippen LogP contribution in [0.5, 0.6) is 0 Å². The monoisotopic (exact) mass is 464 g/mol. The van der Waals surface area contributed by atoms with E-state index < -0.39 is 59.3 Å². The van der Waals surface area contributed by atoms with Crippen molar-refractivity contribution in [1.82, 2.24) is 0 Å². The predicted molar refractivity (Wildman–Crippen MR) is 99.2 cm³/mol. The molecule has 2 unspecified atom stereocenters. The number of carboxylic acids is 1. The Labute approximate surface area is 178 Å². The molecule has 4 atom stereocenters. The van der Waals surface area contributed by atoms with Gasteiger partial charge >= 0.3 is 18.3 Å². The molecule has 174 valence electrons. The lowest BCUT2D eigenvalue weighted by molar-refractivity contribution is -0.144. The predicted octanol–water partition coefficient (Wildman–Crippen LogP) is 6.59. The summed E-state index contributed by atoms with van der Waals surface area (Å²) in [6.07, 6.45) is -11.5. The van der Waals surface area contributed by atoms with Gasteiger partial charge < -0.3 is 9.84 Å². The van der Waals surface area contributed by atoms with Gasteiger partial charge in [0.1, 0.15) is 5.82 Å². The molecule has 0 spiro atoms. The van der Waals surface area contributed by atoms with Crippen molar-refractivity contribution in [3.8, 4) is 0 Å². The Bertz CT molecular complexity index is 935. The maximum absolute atomic E-state index is 13.3. The molecule has 1 N–H and O–H groups in total. The molecule has 1 fully saturated rings. The van der Waals surface area contributed by atoms with E-state index in [1.807, 2.05) is 0 Å². The van der Waals surface area contributed by atoms with Crippen LogP contribution in [-0.2, 0) is 21.9 Å². The molecule has 0 bridgehead atoms. The van der Waals surface area contributed by atoms with Crippen LogP contribution in [0.1, 0.15) is 54.0 Å². The summed E-state index contributed by atoms with van der Waals surface area (Å²) in [5.41, 5.74) is -2.78. The quantitative estimate of drug-likeness (QED) is 0.508. The third-order valence-corrected chi connectivity index (χ3v) is 5.63. The third kappa shape index (κ3) is 5.23. The Morgan fingerprint density at radius 1 is 0.969 bits per heavy atom. The Kier molecular flexibility index (Phi) is 6.55. The summed E-state index contributed by atoms with van der Waals surface area (Å²) in [6, 6.07) is 6.31. The normalized spacial score (nSPS) is 22.7. The maximum Gasteiger partial charge on any atom is 0.416 e. The summed E-state index contributed by atoms with van der Waals surface area (Å²) < 4.78 is 98.1. The average Bonchev–Trinajstić information content (AvgIpc) is 3.10. The fourth-order valence-corrected chi connectivity index (χ4v) is 4.08. The van der Waals surface area contributed by atoms with Crippen molar-refractivity contribution < 1.29 is 45.4 Å². The largest absolute Gasteiger partial charge is 0.481 e. The summed E-state index contributed by atoms with van der Waals surface area (Å²) in [7, 11) is 0. The Morgan fingerprint density at radius 2 is 1.50 bits per heavy atom. The van der Waals surface area contributed by atoms with E-state index in [1.54, 1.807) is 0 Å². The molecule has 0 radical (unpaired) electrons. The van der Waals surface area contributed by atoms with Crippen molar-refractivity contribution >= 4 is 5.97 Å². The number of rotatable bonds is 5. The number of ether oxygens (including phenoxy) is 1. The maximum atomic E-state index is 13.3. The molecule has 0 heterocycles. The number of carbonyl (C=O) groups is 1. The van der Waals surface area contributed by atoms with Crippen molar-refractivity contribution in [2.45, 2.75) is 50.2 Å². The minimum absolute atomic E-state index is 0.0353. The second-order valence-electron chi connectivity index (χ2n) is 7.76. The van der Waals surface area contributed by atoms with Gasteiger partial charge in [-0.05, 0) is 61.2 Å². The van der Waals surface area contributed by atoms with Crippen LogP contribution in [0, 0.1) is 11.7 Å². The number of benzene rings is 2. The van der Waals surface area contributed by atoms with Gasteiger partial charge in [-0.15, -0.1) is 0 Å². The van der Waals surface area contributed by atoms with Crippen LogP contribution in [0.4, 0.5) is 30.7 Å². The van der Waals surface area contributed by atoms with Gasteiger partial charge in [0.2, 0.25) is 0 Å². The Morgan fingerprint density at radius 3 is 1.97 bits per heavy atom. The Balaban J connectivity index is 1.93. The van der Waals surface area contributed by atoms with E-state index in [9.17, 15) is 40.6 Å². The first kappa shape index (κ1) is 24.0. The van der Waals surface area contributed by atoms with E-state index in [4.69, 9.17) is 4.74 Å². The zero-order valence-corrected chi connectivity index (χ0v) is 16.7. The zero-order valence-electron chi connectivity index (χ0n) is 16.7. The van der Waals surface area contributed by atoms with Gasteiger partial charge in [-0.25, -0.2) is 4.39 Å². The minimum atomic E-state index is -4.99. The molecule has 3 rings (SSSR count). The summed E-state index contributed by atoms with van der Waals surface area (Å²) in [5.74, 6) is -3.27. The minimum Gasteiger partial charge on any atom is -0.481 e. The molecule has 1 aliphatic carbocycles. The van der Waals surface area contributed by atoms with Gasteiger partial charge in [0.05, 0.1) is 29.3 Å². The first-order valence-corrected chi connectivity index (χ1v) is 9.70. The number of halogens is 7. The van der Waals surface area contributed by atoms with Crippen molar-refractivity contribution in [3.63, 3.8) is 0 Å². The van der Waals surface area contributed by atoms with E-state index >= 15 is 0 Å². The molecule has 1 aliphatic rings. The average molecular weight is 464 g/mol. The lowest BCUT2D eigenvalue weighted by atomic mass is 9.87. The van der Waals surface area contributed by atoms with Crippen molar-refractivity contribution in [3.05, 3.63) is 70.5 Å². The van der Waals surface area contributed by atoms with E-state index in [0.29, 0.717) is 17.7 Å². The number of hydrogen-bond acceptors (Lipinski definition) is 2. The highest BCUT2D eigenvalue weighted by atomic mass is 19.4. The van der Waals surface area contributed by atoms with Gasteiger partial charge in [-0.2, -0.15) is 26.3 Å². The molecule has 10 heteroatoms. The second kappa shape index (κ2) is 8.73. The lowest BCUT2D eigenvalue weighted by Gasteiger charge is -2.27. The number of carboxylic acid groups (broad SMARTS) is 1. The molecule has 32 heavy (non-hydrogen) atoms. The topological polar surface area (TPSA) is 46.5 Å². The van der Waals surface area contributed by atoms with E-state index in [1.165, 1.54) is 19.1 Å². The Hall–Kier alpha value is -2.62. The van der Waals surface area contributed by atoms with Crippen molar-refractivity contribution in [2.75, 3.05) is 0 Å². The van der Waals surface area contributed by atoms with E-state index in [0.717, 1.165) is 12.1 Å². The molecular formula is C22H19F7O3. The van der Waals surface area contributed by atoms with E-state index in [2.05, 4.69) is 0 Å². The van der Waals surface area contributed by atoms with Gasteiger partial charge in [-0.3, -0.25) is 4.79 Å². The van der Waals surface area contributed by atoms with Gasteiger partial charge in [0.15, 0.2) is 0 Å². The van der Waals surface area contributed by atoms with Crippen LogP contribution in [0.25, 0.3) is 0 Å². The van der Waals surface area contributed by atoms with Gasteiger partial charge in [0.25, 0.3) is 0 Å². The standard InChI is InChI=1S/C22H19F7O3/c1-11(13-8-14(21(24,25)26)10-15(9-13)22(27,28)29)32-18-7-6-17(20(30)31)19(18)12-2-4-16(23)5-3-12/h2-5,8-11,17-19H,6-7H2,1H3,(H,30,31)/t11-,17?,18+,19?/m1/s1. The van der Waals surface area contributed by atoms with Gasteiger partial charge in [0, 0.05) is 5.92 Å². The van der Waals surface area contributed by atoms with Crippen LogP contribution in [0.2, 0.25) is 0 Å². The molecule has 1 saturated carbocycles. The number of alkyl halides is 6. The number of aliphatic carboxylic acids is 1. The highest BCUT2D eigenvalue weighted by Gasteiger charge is 2.43. The van der Waals surface area contributed by atoms with Crippen LogP contribution < -0.4 is 0 Å². The van der Waals surface area contributed by atoms with E-state index in [-0.39, 0.29) is 24.5 Å². The van der Waals surface area contributed by atoms with Crippen LogP contribution >= 0.6 is 0 Å². The SMILES string of the molecule is C[C@@H](O[C@H]1CCC(C(=O)O)C1c1ccc(F)cc1)c1cc(C(F)(F)F)cc(C(F)(F)F)c1.